The van der Waals surface area contributed by atoms with E-state index in [4.69, 9.17) is 11.6 Å². The first-order chi connectivity index (χ1) is 4.06. The molecule has 0 saturated heterocycles. The van der Waals surface area contributed by atoms with Crippen molar-refractivity contribution >= 4 is 11.6 Å². The highest BCUT2D eigenvalue weighted by molar-refractivity contribution is 6.18. The molecule has 0 radical (unpaired) electrons. The van der Waals surface area contributed by atoms with Gasteiger partial charge < -0.3 is 16.9 Å². The van der Waals surface area contributed by atoms with E-state index in [1.807, 2.05) is 6.08 Å². The molecule has 0 aromatic carbocycles. The van der Waals surface area contributed by atoms with Gasteiger partial charge in [0.2, 0.25) is 0 Å². The van der Waals surface area contributed by atoms with E-state index >= 15 is 0 Å². The Labute approximate surface area is 74.7 Å². The topological polar surface area (TPSA) is 0 Å². The molecule has 0 saturated carbocycles. The lowest BCUT2D eigenvalue weighted by Gasteiger charge is -2.21. The van der Waals surface area contributed by atoms with E-state index in [1.165, 1.54) is 0 Å². The van der Waals surface area contributed by atoms with Crippen LogP contribution in [0.4, 0.5) is 0 Å². The van der Waals surface area contributed by atoms with Crippen molar-refractivity contribution in [2.75, 3.05) is 33.6 Å². The molecule has 1 nitrogen and oxygen atoms in total. The molecule has 3 heteroatoms. The van der Waals surface area contributed by atoms with Crippen molar-refractivity contribution in [2.45, 2.75) is 0 Å². The molecule has 0 fully saturated rings. The van der Waals surface area contributed by atoms with Crippen LogP contribution in [0.1, 0.15) is 0 Å². The van der Waals surface area contributed by atoms with Crippen molar-refractivity contribution in [2.24, 2.45) is 0 Å². The molecule has 0 aliphatic carbocycles. The smallest absolute Gasteiger partial charge is 0.0967 e. The number of hydrogen-bond donors (Lipinski definition) is 0. The summed E-state index contributed by atoms with van der Waals surface area (Å²) in [6.45, 7) is 1.05. The van der Waals surface area contributed by atoms with Gasteiger partial charge in [-0.15, -0.1) is 11.6 Å². The van der Waals surface area contributed by atoms with Crippen LogP contribution in [0.15, 0.2) is 12.2 Å². The van der Waals surface area contributed by atoms with E-state index in [9.17, 15) is 0 Å². The zero-order valence-corrected chi connectivity index (χ0v) is 8.28. The summed E-state index contributed by atoms with van der Waals surface area (Å²) in [4.78, 5) is 0. The van der Waals surface area contributed by atoms with Crippen molar-refractivity contribution in [3.8, 4) is 0 Å². The molecule has 0 amide bonds. The van der Waals surface area contributed by atoms with Gasteiger partial charge >= 0.3 is 0 Å². The lowest BCUT2D eigenvalue weighted by Crippen LogP contribution is -3.00. The molecule has 0 N–H and O–H groups in total. The van der Waals surface area contributed by atoms with Crippen LogP contribution in [-0.4, -0.2) is 38.1 Å². The van der Waals surface area contributed by atoms with E-state index in [0.717, 1.165) is 11.0 Å². The summed E-state index contributed by atoms with van der Waals surface area (Å²) in [5.41, 5.74) is 0. The highest BCUT2D eigenvalue weighted by Crippen LogP contribution is 1.89. The number of alkyl halides is 1. The maximum atomic E-state index is 5.44. The lowest BCUT2D eigenvalue weighted by atomic mass is 10.4. The van der Waals surface area contributed by atoms with Crippen LogP contribution in [0.5, 0.6) is 0 Å². The molecule has 0 spiro atoms. The molecular weight excluding hydrogens is 169 g/mol. The first-order valence-corrected chi connectivity index (χ1v) is 3.61. The normalized spacial score (nSPS) is 11.6. The van der Waals surface area contributed by atoms with Crippen molar-refractivity contribution in [3.63, 3.8) is 0 Å². The number of allylic oxidation sites excluding steroid dienone is 1. The van der Waals surface area contributed by atoms with E-state index in [0.29, 0.717) is 5.88 Å². The molecule has 0 unspecified atom stereocenters. The quantitative estimate of drug-likeness (QED) is 0.284. The maximum Gasteiger partial charge on any atom is 0.0967 e. The van der Waals surface area contributed by atoms with Gasteiger partial charge in [-0.3, -0.25) is 0 Å². The molecule has 0 rings (SSSR count). The van der Waals surface area contributed by atoms with E-state index in [-0.39, 0.29) is 12.4 Å². The summed E-state index contributed by atoms with van der Waals surface area (Å²) in [6, 6.07) is 0. The van der Waals surface area contributed by atoms with Gasteiger partial charge in [-0.2, -0.15) is 0 Å². The number of rotatable bonds is 3. The molecule has 10 heavy (non-hydrogen) atoms. The molecule has 0 aliphatic rings. The van der Waals surface area contributed by atoms with Gasteiger partial charge in [0.05, 0.1) is 27.7 Å². The summed E-state index contributed by atoms with van der Waals surface area (Å²) in [5, 5.41) is 0. The van der Waals surface area contributed by atoms with Crippen molar-refractivity contribution in [3.05, 3.63) is 12.2 Å². The molecule has 62 valence electrons. The Hall–Kier alpha value is 0.280. The van der Waals surface area contributed by atoms with Crippen molar-refractivity contribution in [1.82, 2.24) is 0 Å². The van der Waals surface area contributed by atoms with Crippen LogP contribution in [0.2, 0.25) is 0 Å². The van der Waals surface area contributed by atoms with Gasteiger partial charge in [0, 0.05) is 5.88 Å². The van der Waals surface area contributed by atoms with E-state index < -0.39 is 0 Å². The molecule has 0 aromatic heterocycles. The highest BCUT2D eigenvalue weighted by atomic mass is 35.5. The van der Waals surface area contributed by atoms with Crippen LogP contribution < -0.4 is 12.4 Å². The van der Waals surface area contributed by atoms with Gasteiger partial charge in [0.25, 0.3) is 0 Å². The minimum Gasteiger partial charge on any atom is -1.00 e. The summed E-state index contributed by atoms with van der Waals surface area (Å²) < 4.78 is 0.966. The maximum absolute atomic E-state index is 5.44. The Morgan fingerprint density at radius 3 is 2.00 bits per heavy atom. The predicted octanol–water partition coefficient (Wildman–Crippen LogP) is -1.51. The average Bonchev–Trinajstić information content (AvgIpc) is 1.63. The van der Waals surface area contributed by atoms with Crippen molar-refractivity contribution in [1.29, 1.82) is 0 Å². The molecule has 0 aliphatic heterocycles. The number of halogens is 2. The Balaban J connectivity index is 0. The van der Waals surface area contributed by atoms with Crippen LogP contribution in [-0.2, 0) is 0 Å². The van der Waals surface area contributed by atoms with Crippen LogP contribution >= 0.6 is 11.6 Å². The number of hydrogen-bond acceptors (Lipinski definition) is 0. The van der Waals surface area contributed by atoms with Crippen LogP contribution in [0.3, 0.4) is 0 Å². The van der Waals surface area contributed by atoms with Crippen LogP contribution in [0.25, 0.3) is 0 Å². The molecule has 0 atom stereocenters. The van der Waals surface area contributed by atoms with E-state index in [2.05, 4.69) is 27.2 Å². The first kappa shape index (κ1) is 12.9. The zero-order valence-electron chi connectivity index (χ0n) is 6.77. The third-order valence-electron chi connectivity index (χ3n) is 0.909. The fourth-order valence-electron chi connectivity index (χ4n) is 0.454. The Bertz CT molecular complexity index is 94.3. The van der Waals surface area contributed by atoms with Gasteiger partial charge in [-0.1, -0.05) is 6.08 Å². The Morgan fingerprint density at radius 1 is 1.20 bits per heavy atom. The molecule has 0 aromatic rings. The molecule has 0 heterocycles. The van der Waals surface area contributed by atoms with Gasteiger partial charge in [0.15, 0.2) is 0 Å². The highest BCUT2D eigenvalue weighted by Gasteiger charge is 2.00. The van der Waals surface area contributed by atoms with Gasteiger partial charge in [-0.05, 0) is 6.08 Å². The number of quaternary nitrogens is 1. The van der Waals surface area contributed by atoms with Gasteiger partial charge in [-0.25, -0.2) is 0 Å². The molecular formula is C7H15Cl2N. The zero-order chi connectivity index (χ0) is 7.33. The van der Waals surface area contributed by atoms with Crippen LogP contribution in [0, 0.1) is 0 Å². The molecule has 0 bridgehead atoms. The number of nitrogens with zero attached hydrogens (tertiary/aromatic N) is 1. The largest absolute Gasteiger partial charge is 1.00 e. The second kappa shape index (κ2) is 6.02. The number of likely N-dealkylation sites (N-methyl/N-ethyl adjacent to an activating group) is 1. The third kappa shape index (κ3) is 11.1. The Morgan fingerprint density at radius 2 is 1.70 bits per heavy atom. The third-order valence-corrected chi connectivity index (χ3v) is 1.09. The second-order valence-corrected chi connectivity index (χ2v) is 3.41. The summed E-state index contributed by atoms with van der Waals surface area (Å²) >= 11 is 5.44. The summed E-state index contributed by atoms with van der Waals surface area (Å²) in [5.74, 6) is 0.625. The summed E-state index contributed by atoms with van der Waals surface area (Å²) in [7, 11) is 6.45. The second-order valence-electron chi connectivity index (χ2n) is 3.10. The fraction of sp³-hybridized carbons (Fsp3) is 0.714. The minimum absolute atomic E-state index is 0. The average molecular weight is 184 g/mol. The monoisotopic (exact) mass is 183 g/mol. The lowest BCUT2D eigenvalue weighted by molar-refractivity contribution is -0.864. The Kier molecular flexibility index (Phi) is 7.77. The van der Waals surface area contributed by atoms with Gasteiger partial charge in [0.1, 0.15) is 0 Å². The minimum atomic E-state index is 0. The summed E-state index contributed by atoms with van der Waals surface area (Å²) in [6.07, 6.45) is 4.08. The first-order valence-electron chi connectivity index (χ1n) is 3.07. The van der Waals surface area contributed by atoms with Crippen molar-refractivity contribution < 1.29 is 16.9 Å². The SMILES string of the molecule is C[N+](C)(C)C/C=C/CCl.[Cl-]. The van der Waals surface area contributed by atoms with E-state index in [1.54, 1.807) is 0 Å². The predicted molar refractivity (Wildman–Crippen MR) is 42.8 cm³/mol. The standard InChI is InChI=1S/C7H15ClN.ClH/c1-9(2,3)7-5-4-6-8;/h4-5H,6-7H2,1-3H3;1H/q+1;/p-1/b5-4+;. The fourth-order valence-corrected chi connectivity index (χ4v) is 0.580.